The van der Waals surface area contributed by atoms with Crippen molar-refractivity contribution in [1.29, 1.82) is 0 Å². The van der Waals surface area contributed by atoms with Crippen molar-refractivity contribution in [3.8, 4) is 0 Å². The fourth-order valence-corrected chi connectivity index (χ4v) is 0. The summed E-state index contributed by atoms with van der Waals surface area (Å²) in [6.45, 7) is 0. The largest absolute Gasteiger partial charge is 3.00 e. The van der Waals surface area contributed by atoms with Gasteiger partial charge < -0.3 is 175 Å². The van der Waals surface area contributed by atoms with Crippen molar-refractivity contribution in [2.75, 3.05) is 0 Å². The van der Waals surface area contributed by atoms with Gasteiger partial charge in [-0.05, 0) is 0 Å². The van der Waals surface area contributed by atoms with Crippen molar-refractivity contribution in [3.63, 3.8) is 0 Å². The molecule has 0 aliphatic heterocycles. The molecule has 240 valence electrons. The van der Waals surface area contributed by atoms with Crippen LogP contribution < -0.4 is 37.2 Å². The normalized spacial score (nSPS) is 5.02. The van der Waals surface area contributed by atoms with Crippen molar-refractivity contribution in [2.24, 2.45) is 0 Å². The number of hydrogen-bond donors (Lipinski definition) is 0. The van der Waals surface area contributed by atoms with Crippen LogP contribution in [0.4, 0.5) is 0 Å². The van der Waals surface area contributed by atoms with Gasteiger partial charge in [-0.1, -0.05) is 0 Å². The van der Waals surface area contributed by atoms with Gasteiger partial charge in [-0.15, -0.1) is 0 Å². The molecule has 0 spiro atoms. The van der Waals surface area contributed by atoms with Gasteiger partial charge in [0, 0.05) is 0 Å². The van der Waals surface area contributed by atoms with Crippen LogP contribution in [-0.4, -0.2) is 115 Å². The van der Waals surface area contributed by atoms with Crippen molar-refractivity contribution in [1.82, 2.24) is 0 Å². The minimum atomic E-state index is -1.75. The van der Waals surface area contributed by atoms with E-state index in [2.05, 4.69) is 0 Å². The van der Waals surface area contributed by atoms with E-state index in [0.29, 0.717) is 0 Å². The topological polar surface area (TPSA) is 596 Å². The van der Waals surface area contributed by atoms with E-state index in [1.165, 1.54) is 0 Å². The predicted octanol–water partition coefficient (Wildman–Crippen LogP) is -12.7. The molecule has 0 saturated heterocycles. The second-order valence-corrected chi connectivity index (χ2v) is 2.01. The maximum atomic E-state index is 8.25. The summed E-state index contributed by atoms with van der Waals surface area (Å²) < 4.78 is 0. The molecule has 43 heteroatoms. The van der Waals surface area contributed by atoms with Crippen LogP contribution >= 0.6 is 0 Å². The Bertz CT molecular complexity index is 442. The van der Waals surface area contributed by atoms with E-state index < -0.39 is 45.8 Å². The quantitative estimate of drug-likeness (QED) is 0.125. The van der Waals surface area contributed by atoms with Gasteiger partial charge in [0.15, 0.2) is 0 Å². The summed E-state index contributed by atoms with van der Waals surface area (Å²) in [5.41, 5.74) is 0. The van der Waals surface area contributed by atoms with E-state index in [1.807, 2.05) is 0 Å². The van der Waals surface area contributed by atoms with Crippen LogP contribution in [0.3, 0.4) is 0 Å². The van der Waals surface area contributed by atoms with Crippen LogP contribution in [0.1, 0.15) is 0 Å². The first-order valence-electron chi connectivity index (χ1n) is 4.93. The molecule has 0 bridgehead atoms. The van der Waals surface area contributed by atoms with Crippen LogP contribution in [-0.2, 0) is 0 Å². The minimum absolute atomic E-state index is 0. The Hall–Kier alpha value is -4.20. The van der Waals surface area contributed by atoms with E-state index in [1.54, 1.807) is 0 Å². The van der Waals surface area contributed by atoms with Gasteiger partial charge in [-0.2, -0.15) is 0 Å². The average molecular weight is 772 g/mol. The summed E-state index contributed by atoms with van der Waals surface area (Å²) in [5, 5.41) is 133. The molecule has 0 aliphatic rings. The Labute approximate surface area is 289 Å². The Morgan fingerprint density at radius 1 is 0.186 bits per heavy atom. The van der Waals surface area contributed by atoms with E-state index in [4.69, 9.17) is 138 Å². The van der Waals surface area contributed by atoms with E-state index >= 15 is 0 Å². The molecule has 0 aliphatic carbocycles. The van der Waals surface area contributed by atoms with Crippen LogP contribution in [0, 0.1) is 138 Å². The maximum Gasteiger partial charge on any atom is 3.00 e. The predicted molar refractivity (Wildman–Crippen MR) is 116 cm³/mol. The second-order valence-electron chi connectivity index (χ2n) is 2.01. The Morgan fingerprint density at radius 3 is 0.186 bits per heavy atom. The van der Waals surface area contributed by atoms with Gasteiger partial charge in [-0.25, -0.2) is 0 Å². The third-order valence-electron chi connectivity index (χ3n) is 0. The summed E-state index contributed by atoms with van der Waals surface area (Å²) in [6, 6.07) is 0. The Balaban J connectivity index is -0.0000000134. The van der Waals surface area contributed by atoms with E-state index in [9.17, 15) is 0 Å². The molecule has 0 unspecified atom stereocenters. The zero-order chi connectivity index (χ0) is 32.2. The summed E-state index contributed by atoms with van der Waals surface area (Å²) in [7, 11) is 0. The molecule has 43 heavy (non-hydrogen) atoms. The maximum absolute atomic E-state index is 8.25. The Kier molecular flexibility index (Phi) is 244. The van der Waals surface area contributed by atoms with E-state index in [-0.39, 0.29) is 107 Å². The van der Waals surface area contributed by atoms with Gasteiger partial charge in [0.25, 0.3) is 0 Å². The molecule has 0 N–H and O–H groups in total. The molecule has 0 aromatic carbocycles. The first-order valence-corrected chi connectivity index (χ1v) is 4.93. The molecule has 0 aromatic heterocycles. The van der Waals surface area contributed by atoms with Crippen LogP contribution in [0.2, 0.25) is 0 Å². The molecule has 0 fully saturated rings. The number of rotatable bonds is 0. The zero-order valence-electron chi connectivity index (χ0n) is 18.5. The molecule has 36 nitrogen and oxygen atoms in total. The smallest absolute Gasteiger partial charge is 1.00 e. The average Bonchev–Trinajstić information content (AvgIpc) is 2.39. The third kappa shape index (κ3) is 2750. The summed E-state index contributed by atoms with van der Waals surface area (Å²) in [4.78, 5) is 74.2. The third-order valence-corrected chi connectivity index (χ3v) is 0. The fourth-order valence-electron chi connectivity index (χ4n) is 0. The number of halogens is 3. The first-order chi connectivity index (χ1) is 15.6. The monoisotopic (exact) mass is 771 g/mol. The van der Waals surface area contributed by atoms with Gasteiger partial charge in [0.1, 0.15) is 0 Å². The van der Waals surface area contributed by atoms with Crippen LogP contribution in [0.25, 0.3) is 0 Å². The minimum Gasteiger partial charge on any atom is -1.00 e. The molecule has 0 atom stereocenters. The summed E-state index contributed by atoms with van der Waals surface area (Å²) >= 11 is 0. The summed E-state index contributed by atoms with van der Waals surface area (Å²) in [6.07, 6.45) is 0. The molecule has 0 saturated carbocycles. The van der Waals surface area contributed by atoms with Gasteiger partial charge in [0.2, 0.25) is 0 Å². The summed E-state index contributed by atoms with van der Waals surface area (Å²) in [5.74, 6) is 0. The SMILES string of the molecule is O=[N+]([O-])[O-].O=[N+]([O-])[O-].O=[N+]([O-])[O-].O=[N+]([O-])[O-].O=[N+]([O-])[O-].O=[N+]([O-])[O-].O=[N+]([O-])[O-].O=[N+]([O-])[O-].O=[N+]([O-])[O-].[Al+3].[Al+3].[Al+3].[Al+3].[Cl-].[Cl-].[Cl-]. The zero-order valence-corrected chi connectivity index (χ0v) is 25.4. The molecule has 0 radical (unpaired) electrons. The molecule has 0 rings (SSSR count). The fraction of sp³-hybridized carbons (Fsp3) is 0. The second kappa shape index (κ2) is 98.5. The number of hydrogen-bond acceptors (Lipinski definition) is 27. The molecule has 0 heterocycles. The van der Waals surface area contributed by atoms with Gasteiger partial charge in [-0.3, -0.25) is 0 Å². The standard InChI is InChI=1S/4Al.3ClH.9NO3/c;;;;;;;9*2-1(3)4/h;;;;3*1H;;;;;;;;;/q4*+3;;;;9*-1/p-3. The van der Waals surface area contributed by atoms with Crippen LogP contribution in [0.5, 0.6) is 0 Å². The molecular formula is Al4Cl3N9O27. The van der Waals surface area contributed by atoms with Crippen molar-refractivity contribution < 1.29 is 83.0 Å². The molecule has 0 aromatic rings. The van der Waals surface area contributed by atoms with Crippen molar-refractivity contribution >= 4 is 69.4 Å². The van der Waals surface area contributed by atoms with Gasteiger partial charge in [0.05, 0.1) is 45.8 Å². The van der Waals surface area contributed by atoms with Crippen molar-refractivity contribution in [2.45, 2.75) is 0 Å². The van der Waals surface area contributed by atoms with Crippen LogP contribution in [0.15, 0.2) is 0 Å². The van der Waals surface area contributed by atoms with Crippen molar-refractivity contribution in [3.05, 3.63) is 138 Å². The van der Waals surface area contributed by atoms with Gasteiger partial charge >= 0.3 is 69.4 Å². The van der Waals surface area contributed by atoms with E-state index in [0.717, 1.165) is 0 Å². The Morgan fingerprint density at radius 2 is 0.186 bits per heavy atom. The number of nitrogens with zero attached hydrogens (tertiary/aromatic N) is 9. The molecule has 0 amide bonds. The molecular weight excluding hydrogens is 772 g/mol. The first kappa shape index (κ1) is 107.